The number of carbonyl (C=O) groups excluding carboxylic acids is 1. The van der Waals surface area contributed by atoms with E-state index in [1.54, 1.807) is 0 Å². The third-order valence-electron chi connectivity index (χ3n) is 3.31. The van der Waals surface area contributed by atoms with Gasteiger partial charge in [0.15, 0.2) is 0 Å². The van der Waals surface area contributed by atoms with Gasteiger partial charge in [-0.3, -0.25) is 4.79 Å². The number of nitrogens with one attached hydrogen (secondary N) is 2. The lowest BCUT2D eigenvalue weighted by molar-refractivity contribution is -0.121. The fourth-order valence-electron chi connectivity index (χ4n) is 2.24. The Morgan fingerprint density at radius 2 is 2.33 bits per heavy atom. The van der Waals surface area contributed by atoms with Crippen molar-refractivity contribution in [1.29, 1.82) is 0 Å². The molecule has 0 aromatic carbocycles. The van der Waals surface area contributed by atoms with E-state index in [0.29, 0.717) is 12.3 Å². The highest BCUT2D eigenvalue weighted by atomic mass is 16.5. The molecule has 1 saturated heterocycles. The van der Waals surface area contributed by atoms with Crippen LogP contribution in [0.4, 0.5) is 0 Å². The average Bonchev–Trinajstić information content (AvgIpc) is 2.41. The van der Waals surface area contributed by atoms with Gasteiger partial charge in [0.2, 0.25) is 5.91 Å². The van der Waals surface area contributed by atoms with E-state index in [2.05, 4.69) is 17.6 Å². The predicted molar refractivity (Wildman–Crippen MR) is 73.6 cm³/mol. The summed E-state index contributed by atoms with van der Waals surface area (Å²) in [6, 6.07) is 0. The second kappa shape index (κ2) is 10.3. The lowest BCUT2D eigenvalue weighted by atomic mass is 9.94. The van der Waals surface area contributed by atoms with E-state index in [4.69, 9.17) is 4.74 Å². The van der Waals surface area contributed by atoms with Crippen LogP contribution in [-0.2, 0) is 9.53 Å². The van der Waals surface area contributed by atoms with Gasteiger partial charge in [0, 0.05) is 26.2 Å². The Hall–Kier alpha value is -0.610. The zero-order chi connectivity index (χ0) is 13.1. The molecule has 1 unspecified atom stereocenters. The zero-order valence-electron chi connectivity index (χ0n) is 11.7. The minimum Gasteiger partial charge on any atom is -0.381 e. The number of rotatable bonds is 9. The molecule has 1 amide bonds. The molecule has 0 aliphatic carbocycles. The van der Waals surface area contributed by atoms with Crippen molar-refractivity contribution < 1.29 is 9.53 Å². The Kier molecular flexibility index (Phi) is 8.86. The molecule has 0 bridgehead atoms. The number of piperidine rings is 1. The third-order valence-corrected chi connectivity index (χ3v) is 3.31. The quantitative estimate of drug-likeness (QED) is 0.617. The third kappa shape index (κ3) is 7.67. The first-order chi connectivity index (χ1) is 8.83. The number of hydrogen-bond donors (Lipinski definition) is 2. The van der Waals surface area contributed by atoms with Gasteiger partial charge in [0.1, 0.15) is 0 Å². The van der Waals surface area contributed by atoms with Crippen molar-refractivity contribution >= 4 is 5.91 Å². The topological polar surface area (TPSA) is 50.4 Å². The van der Waals surface area contributed by atoms with Gasteiger partial charge in [0.05, 0.1) is 0 Å². The molecule has 106 valence electrons. The Morgan fingerprint density at radius 1 is 1.44 bits per heavy atom. The first-order valence-corrected chi connectivity index (χ1v) is 7.38. The van der Waals surface area contributed by atoms with E-state index in [1.165, 1.54) is 12.8 Å². The van der Waals surface area contributed by atoms with Crippen molar-refractivity contribution in [1.82, 2.24) is 10.6 Å². The first-order valence-electron chi connectivity index (χ1n) is 7.38. The van der Waals surface area contributed by atoms with E-state index in [0.717, 1.165) is 52.1 Å². The van der Waals surface area contributed by atoms with Crippen molar-refractivity contribution in [3.05, 3.63) is 0 Å². The summed E-state index contributed by atoms with van der Waals surface area (Å²) in [5.41, 5.74) is 0. The lowest BCUT2D eigenvalue weighted by Gasteiger charge is -2.22. The molecule has 2 N–H and O–H groups in total. The lowest BCUT2D eigenvalue weighted by Crippen LogP contribution is -2.31. The van der Waals surface area contributed by atoms with Crippen LogP contribution in [0.5, 0.6) is 0 Å². The molecule has 1 fully saturated rings. The van der Waals surface area contributed by atoms with Gasteiger partial charge in [-0.25, -0.2) is 0 Å². The second-order valence-corrected chi connectivity index (χ2v) is 5.07. The summed E-state index contributed by atoms with van der Waals surface area (Å²) in [5, 5.41) is 6.34. The second-order valence-electron chi connectivity index (χ2n) is 5.07. The highest BCUT2D eigenvalue weighted by Gasteiger charge is 2.13. The maximum Gasteiger partial charge on any atom is 0.220 e. The van der Waals surface area contributed by atoms with Crippen molar-refractivity contribution in [2.45, 2.75) is 45.4 Å². The minimum absolute atomic E-state index is 0.191. The predicted octanol–water partition coefficient (Wildman–Crippen LogP) is 1.70. The highest BCUT2D eigenvalue weighted by molar-refractivity contribution is 5.75. The Balaban J connectivity index is 1.90. The van der Waals surface area contributed by atoms with E-state index in [1.807, 2.05) is 0 Å². The normalized spacial score (nSPS) is 19.7. The summed E-state index contributed by atoms with van der Waals surface area (Å²) >= 11 is 0. The molecule has 1 aliphatic heterocycles. The molecule has 18 heavy (non-hydrogen) atoms. The molecule has 0 saturated carbocycles. The Labute approximate surface area is 111 Å². The maximum absolute atomic E-state index is 11.6. The zero-order valence-corrected chi connectivity index (χ0v) is 11.7. The van der Waals surface area contributed by atoms with Crippen LogP contribution in [0.3, 0.4) is 0 Å². The molecule has 0 aromatic heterocycles. The molecule has 0 aromatic rings. The molecule has 0 spiro atoms. The molecular formula is C14H28N2O2. The van der Waals surface area contributed by atoms with E-state index < -0.39 is 0 Å². The van der Waals surface area contributed by atoms with Crippen LogP contribution in [0.1, 0.15) is 45.4 Å². The van der Waals surface area contributed by atoms with Crippen LogP contribution in [0.2, 0.25) is 0 Å². The van der Waals surface area contributed by atoms with E-state index >= 15 is 0 Å². The van der Waals surface area contributed by atoms with Crippen LogP contribution in [0.15, 0.2) is 0 Å². The van der Waals surface area contributed by atoms with Gasteiger partial charge in [-0.1, -0.05) is 6.92 Å². The number of ether oxygens (including phenoxy) is 1. The van der Waals surface area contributed by atoms with Crippen LogP contribution in [0, 0.1) is 5.92 Å². The van der Waals surface area contributed by atoms with E-state index in [9.17, 15) is 4.79 Å². The summed E-state index contributed by atoms with van der Waals surface area (Å²) in [5.74, 6) is 0.883. The smallest absolute Gasteiger partial charge is 0.220 e. The Morgan fingerprint density at radius 3 is 3.06 bits per heavy atom. The van der Waals surface area contributed by atoms with E-state index in [-0.39, 0.29) is 5.91 Å². The monoisotopic (exact) mass is 256 g/mol. The van der Waals surface area contributed by atoms with Crippen molar-refractivity contribution in [2.75, 3.05) is 32.8 Å². The van der Waals surface area contributed by atoms with Crippen LogP contribution in [-0.4, -0.2) is 38.8 Å². The molecule has 1 atom stereocenters. The SMILES string of the molecule is CCCOCCCNC(=O)CCC1CCCNC1. The average molecular weight is 256 g/mol. The molecule has 1 rings (SSSR count). The number of amides is 1. The summed E-state index contributed by atoms with van der Waals surface area (Å²) < 4.78 is 5.36. The molecule has 4 heteroatoms. The number of carbonyl (C=O) groups is 1. The summed E-state index contributed by atoms with van der Waals surface area (Å²) in [6.07, 6.45) is 6.18. The summed E-state index contributed by atoms with van der Waals surface area (Å²) in [6.45, 7) is 6.63. The highest BCUT2D eigenvalue weighted by Crippen LogP contribution is 2.15. The molecular weight excluding hydrogens is 228 g/mol. The van der Waals surface area contributed by atoms with Crippen LogP contribution >= 0.6 is 0 Å². The van der Waals surface area contributed by atoms with Gasteiger partial charge in [-0.2, -0.15) is 0 Å². The molecule has 1 heterocycles. The van der Waals surface area contributed by atoms with Crippen LogP contribution in [0.25, 0.3) is 0 Å². The van der Waals surface area contributed by atoms with Crippen molar-refractivity contribution in [3.8, 4) is 0 Å². The van der Waals surface area contributed by atoms with Crippen molar-refractivity contribution in [3.63, 3.8) is 0 Å². The summed E-state index contributed by atoms with van der Waals surface area (Å²) in [4.78, 5) is 11.6. The van der Waals surface area contributed by atoms with Gasteiger partial charge >= 0.3 is 0 Å². The summed E-state index contributed by atoms with van der Waals surface area (Å²) in [7, 11) is 0. The minimum atomic E-state index is 0.191. The fraction of sp³-hybridized carbons (Fsp3) is 0.929. The Bertz CT molecular complexity index is 216. The van der Waals surface area contributed by atoms with Crippen molar-refractivity contribution in [2.24, 2.45) is 5.92 Å². The van der Waals surface area contributed by atoms with Crippen LogP contribution < -0.4 is 10.6 Å². The van der Waals surface area contributed by atoms with Gasteiger partial charge in [-0.15, -0.1) is 0 Å². The van der Waals surface area contributed by atoms with Gasteiger partial charge in [0.25, 0.3) is 0 Å². The molecule has 4 nitrogen and oxygen atoms in total. The fourth-order valence-corrected chi connectivity index (χ4v) is 2.24. The number of hydrogen-bond acceptors (Lipinski definition) is 3. The molecule has 1 aliphatic rings. The molecule has 0 radical (unpaired) electrons. The largest absolute Gasteiger partial charge is 0.381 e. The standard InChI is InChI=1S/C14H28N2O2/c1-2-10-18-11-4-9-16-14(17)7-6-13-5-3-8-15-12-13/h13,15H,2-12H2,1H3,(H,16,17). The first kappa shape index (κ1) is 15.4. The van der Waals surface area contributed by atoms with Gasteiger partial charge < -0.3 is 15.4 Å². The maximum atomic E-state index is 11.6. The van der Waals surface area contributed by atoms with Gasteiger partial charge in [-0.05, 0) is 51.1 Å².